The number of rotatable bonds is 5. The minimum Gasteiger partial charge on any atom is -0.343 e. The summed E-state index contributed by atoms with van der Waals surface area (Å²) >= 11 is 0. The summed E-state index contributed by atoms with van der Waals surface area (Å²) in [5.74, 6) is 0. The van der Waals surface area contributed by atoms with Gasteiger partial charge in [-0.2, -0.15) is 0 Å². The number of hydrogen-bond donors (Lipinski definition) is 0. The number of hydrogen-bond acceptors (Lipinski definition) is 1. The predicted octanol–water partition coefficient (Wildman–Crippen LogP) is 3.77. The summed E-state index contributed by atoms with van der Waals surface area (Å²) in [6, 6.07) is 0. The van der Waals surface area contributed by atoms with Crippen LogP contribution in [0.3, 0.4) is 0 Å². The Hall–Kier alpha value is -0.0800. The van der Waals surface area contributed by atoms with E-state index in [1.807, 2.05) is 6.92 Å². The van der Waals surface area contributed by atoms with Crippen molar-refractivity contribution in [3.05, 3.63) is 0 Å². The Kier molecular flexibility index (Phi) is 5.10. The summed E-state index contributed by atoms with van der Waals surface area (Å²) in [4.78, 5) is 0. The van der Waals surface area contributed by atoms with Crippen molar-refractivity contribution >= 4 is 0 Å². The Morgan fingerprint density at radius 2 is 1.50 bits per heavy atom. The van der Waals surface area contributed by atoms with Crippen molar-refractivity contribution in [3.63, 3.8) is 0 Å². The first kappa shape index (κ1) is 13.9. The SMILES string of the molecule is CCC(C)(CC)OC([O])CC(C)(C)C. The molecule has 1 radical (unpaired) electrons. The van der Waals surface area contributed by atoms with Crippen LogP contribution in [0.5, 0.6) is 0 Å². The molecular formula is C12H25O2. The van der Waals surface area contributed by atoms with E-state index in [-0.39, 0.29) is 11.0 Å². The summed E-state index contributed by atoms with van der Waals surface area (Å²) in [5.41, 5.74) is -0.188. The third kappa shape index (κ3) is 5.61. The van der Waals surface area contributed by atoms with Crippen molar-refractivity contribution in [1.82, 2.24) is 0 Å². The fraction of sp³-hybridized carbons (Fsp3) is 1.00. The standard InChI is InChI=1S/C12H25O2/c1-7-12(6,8-2)14-10(13)9-11(3,4)5/h10H,7-9H2,1-6H3. The molecule has 0 aromatic carbocycles. The highest BCUT2D eigenvalue weighted by Crippen LogP contribution is 2.27. The molecule has 0 spiro atoms. The molecule has 0 rings (SSSR count). The van der Waals surface area contributed by atoms with Gasteiger partial charge < -0.3 is 4.74 Å². The molecule has 0 amide bonds. The molecule has 0 saturated heterocycles. The van der Waals surface area contributed by atoms with Crippen molar-refractivity contribution in [1.29, 1.82) is 0 Å². The molecule has 0 N–H and O–H groups in total. The quantitative estimate of drug-likeness (QED) is 0.622. The molecule has 0 aliphatic carbocycles. The highest BCUT2D eigenvalue weighted by molar-refractivity contribution is 4.73. The molecule has 0 heterocycles. The van der Waals surface area contributed by atoms with E-state index in [2.05, 4.69) is 34.6 Å². The highest BCUT2D eigenvalue weighted by Gasteiger charge is 2.27. The Labute approximate surface area is 88.7 Å². The molecule has 0 aliphatic rings. The lowest BCUT2D eigenvalue weighted by molar-refractivity contribution is -0.220. The van der Waals surface area contributed by atoms with Gasteiger partial charge in [-0.15, -0.1) is 0 Å². The van der Waals surface area contributed by atoms with Crippen LogP contribution >= 0.6 is 0 Å². The van der Waals surface area contributed by atoms with E-state index in [0.29, 0.717) is 6.42 Å². The second-order valence-corrected chi connectivity index (χ2v) is 5.47. The summed E-state index contributed by atoms with van der Waals surface area (Å²) in [7, 11) is 0. The van der Waals surface area contributed by atoms with Crippen LogP contribution in [0.2, 0.25) is 0 Å². The maximum Gasteiger partial charge on any atom is 0.192 e. The Bertz CT molecular complexity index is 154. The zero-order chi connectivity index (χ0) is 11.4. The largest absolute Gasteiger partial charge is 0.343 e. The Morgan fingerprint density at radius 3 is 1.79 bits per heavy atom. The molecule has 1 unspecified atom stereocenters. The molecule has 2 nitrogen and oxygen atoms in total. The molecule has 14 heavy (non-hydrogen) atoms. The molecule has 1 atom stereocenters. The fourth-order valence-corrected chi connectivity index (χ4v) is 1.28. The lowest BCUT2D eigenvalue weighted by atomic mass is 9.91. The third-order valence-electron chi connectivity index (χ3n) is 2.69. The van der Waals surface area contributed by atoms with Gasteiger partial charge in [0.25, 0.3) is 0 Å². The molecular weight excluding hydrogens is 176 g/mol. The van der Waals surface area contributed by atoms with Crippen molar-refractivity contribution in [2.24, 2.45) is 5.41 Å². The minimum absolute atomic E-state index is 0.0504. The van der Waals surface area contributed by atoms with Crippen molar-refractivity contribution in [2.45, 2.75) is 72.7 Å². The Morgan fingerprint density at radius 1 is 1.07 bits per heavy atom. The van der Waals surface area contributed by atoms with Crippen LogP contribution < -0.4 is 0 Å². The number of ether oxygens (including phenoxy) is 1. The van der Waals surface area contributed by atoms with Crippen molar-refractivity contribution in [2.75, 3.05) is 0 Å². The molecule has 0 bridgehead atoms. The van der Waals surface area contributed by atoms with E-state index in [0.717, 1.165) is 12.8 Å². The first-order valence-corrected chi connectivity index (χ1v) is 5.56. The molecule has 85 valence electrons. The lowest BCUT2D eigenvalue weighted by Gasteiger charge is -2.31. The molecule has 0 aromatic heterocycles. The minimum atomic E-state index is -0.889. The van der Waals surface area contributed by atoms with Gasteiger partial charge in [0.05, 0.1) is 5.60 Å². The third-order valence-corrected chi connectivity index (χ3v) is 2.69. The molecule has 2 heteroatoms. The second-order valence-electron chi connectivity index (χ2n) is 5.47. The molecule has 0 fully saturated rings. The first-order valence-electron chi connectivity index (χ1n) is 5.56. The normalized spacial score (nSPS) is 15.6. The summed E-state index contributed by atoms with van der Waals surface area (Å²) in [6.07, 6.45) is 1.47. The van der Waals surface area contributed by atoms with E-state index in [1.54, 1.807) is 0 Å². The van der Waals surface area contributed by atoms with Gasteiger partial charge in [0.2, 0.25) is 0 Å². The van der Waals surface area contributed by atoms with E-state index < -0.39 is 6.29 Å². The highest BCUT2D eigenvalue weighted by atomic mass is 16.6. The smallest absolute Gasteiger partial charge is 0.192 e. The van der Waals surface area contributed by atoms with E-state index in [4.69, 9.17) is 4.74 Å². The van der Waals surface area contributed by atoms with Crippen LogP contribution in [-0.4, -0.2) is 11.9 Å². The van der Waals surface area contributed by atoms with Gasteiger partial charge in [0.15, 0.2) is 6.29 Å². The first-order chi connectivity index (χ1) is 6.22. The van der Waals surface area contributed by atoms with E-state index in [1.165, 1.54) is 0 Å². The second kappa shape index (κ2) is 5.13. The van der Waals surface area contributed by atoms with E-state index in [9.17, 15) is 5.11 Å². The van der Waals surface area contributed by atoms with Gasteiger partial charge in [0.1, 0.15) is 0 Å². The van der Waals surface area contributed by atoms with Crippen molar-refractivity contribution < 1.29 is 9.84 Å². The fourth-order valence-electron chi connectivity index (χ4n) is 1.28. The van der Waals surface area contributed by atoms with Gasteiger partial charge in [-0.05, 0) is 25.2 Å². The average Bonchev–Trinajstić information content (AvgIpc) is 2.00. The molecule has 0 saturated carbocycles. The molecule has 0 aliphatic heterocycles. The van der Waals surface area contributed by atoms with Gasteiger partial charge in [-0.25, -0.2) is 5.11 Å². The summed E-state index contributed by atoms with van der Waals surface area (Å²) < 4.78 is 5.56. The van der Waals surface area contributed by atoms with Gasteiger partial charge in [-0.1, -0.05) is 34.6 Å². The lowest BCUT2D eigenvalue weighted by Crippen LogP contribution is -2.33. The maximum atomic E-state index is 11.7. The van der Waals surface area contributed by atoms with Crippen LogP contribution in [0.25, 0.3) is 0 Å². The van der Waals surface area contributed by atoms with Gasteiger partial charge in [-0.3, -0.25) is 0 Å². The van der Waals surface area contributed by atoms with Crippen LogP contribution in [-0.2, 0) is 9.84 Å². The summed E-state index contributed by atoms with van der Waals surface area (Å²) in [6.45, 7) is 12.3. The Balaban J connectivity index is 4.10. The predicted molar refractivity (Wildman–Crippen MR) is 58.6 cm³/mol. The van der Waals surface area contributed by atoms with Crippen molar-refractivity contribution in [3.8, 4) is 0 Å². The van der Waals surface area contributed by atoms with Gasteiger partial charge >= 0.3 is 0 Å². The summed E-state index contributed by atoms with van der Waals surface area (Å²) in [5, 5.41) is 11.7. The van der Waals surface area contributed by atoms with Gasteiger partial charge in [0, 0.05) is 6.42 Å². The van der Waals surface area contributed by atoms with Crippen LogP contribution in [0, 0.1) is 5.41 Å². The van der Waals surface area contributed by atoms with Crippen LogP contribution in [0.4, 0.5) is 0 Å². The molecule has 0 aromatic rings. The van der Waals surface area contributed by atoms with E-state index >= 15 is 0 Å². The topological polar surface area (TPSA) is 29.1 Å². The zero-order valence-corrected chi connectivity index (χ0v) is 10.5. The van der Waals surface area contributed by atoms with Crippen LogP contribution in [0.15, 0.2) is 0 Å². The van der Waals surface area contributed by atoms with Crippen LogP contribution in [0.1, 0.15) is 60.8 Å². The average molecular weight is 201 g/mol. The monoisotopic (exact) mass is 201 g/mol. The maximum absolute atomic E-state index is 11.7. The zero-order valence-electron chi connectivity index (χ0n) is 10.5.